The maximum Gasteiger partial charge on any atom is 0.275 e. The molecule has 0 spiro atoms. The van der Waals surface area contributed by atoms with Crippen molar-refractivity contribution in [3.63, 3.8) is 0 Å². The highest BCUT2D eigenvalue weighted by Gasteiger charge is 2.26. The van der Waals surface area contributed by atoms with E-state index >= 15 is 0 Å². The second-order valence-corrected chi connectivity index (χ2v) is 6.12. The maximum absolute atomic E-state index is 12.6. The molecule has 0 saturated carbocycles. The summed E-state index contributed by atoms with van der Waals surface area (Å²) in [6.45, 7) is 0.506. The van der Waals surface area contributed by atoms with Crippen LogP contribution in [0.1, 0.15) is 16.1 Å². The molecule has 0 fully saturated rings. The molecule has 2 heterocycles. The van der Waals surface area contributed by atoms with Crippen molar-refractivity contribution in [2.75, 3.05) is 13.6 Å². The van der Waals surface area contributed by atoms with Crippen molar-refractivity contribution in [2.45, 2.75) is 12.5 Å². The van der Waals surface area contributed by atoms with E-state index in [1.54, 1.807) is 22.8 Å². The van der Waals surface area contributed by atoms with Gasteiger partial charge in [0, 0.05) is 13.5 Å². The number of hydrogen-bond donors (Lipinski definition) is 0. The van der Waals surface area contributed by atoms with Gasteiger partial charge in [-0.1, -0.05) is 41.6 Å². The van der Waals surface area contributed by atoms with E-state index in [0.29, 0.717) is 12.2 Å². The quantitative estimate of drug-likeness (QED) is 0.735. The van der Waals surface area contributed by atoms with Gasteiger partial charge in [-0.25, -0.2) is 4.68 Å². The van der Waals surface area contributed by atoms with Gasteiger partial charge in [0.1, 0.15) is 11.9 Å². The van der Waals surface area contributed by atoms with Crippen molar-refractivity contribution in [3.05, 3.63) is 72.1 Å². The minimum absolute atomic E-state index is 0.0319. The summed E-state index contributed by atoms with van der Waals surface area (Å²) in [4.78, 5) is 14.2. The van der Waals surface area contributed by atoms with Gasteiger partial charge < -0.3 is 9.64 Å². The molecule has 1 unspecified atom stereocenters. The van der Waals surface area contributed by atoms with Crippen molar-refractivity contribution < 1.29 is 9.53 Å². The van der Waals surface area contributed by atoms with Crippen molar-refractivity contribution >= 4 is 5.91 Å². The first-order valence-corrected chi connectivity index (χ1v) is 8.18. The van der Waals surface area contributed by atoms with Crippen LogP contribution < -0.4 is 4.74 Å². The van der Waals surface area contributed by atoms with Crippen molar-refractivity contribution in [3.8, 4) is 11.4 Å². The molecular formula is C19H18N4O2. The van der Waals surface area contributed by atoms with Gasteiger partial charge in [0.25, 0.3) is 5.91 Å². The molecule has 2 aromatic carbocycles. The molecular weight excluding hydrogens is 316 g/mol. The molecule has 1 aliphatic rings. The molecule has 0 aliphatic carbocycles. The average Bonchev–Trinajstić information content (AvgIpc) is 3.28. The summed E-state index contributed by atoms with van der Waals surface area (Å²) in [5, 5.41) is 8.05. The van der Waals surface area contributed by atoms with Crippen molar-refractivity contribution in [1.82, 2.24) is 19.9 Å². The van der Waals surface area contributed by atoms with Crippen LogP contribution in [0.15, 0.2) is 60.8 Å². The van der Waals surface area contributed by atoms with E-state index in [1.165, 1.54) is 5.56 Å². The van der Waals surface area contributed by atoms with Crippen LogP contribution in [0.5, 0.6) is 5.75 Å². The molecule has 1 aromatic heterocycles. The normalized spacial score (nSPS) is 15.5. The lowest BCUT2D eigenvalue weighted by atomic mass is 10.1. The number of carbonyl (C=O) groups excluding carboxylic acids is 1. The zero-order valence-electron chi connectivity index (χ0n) is 13.9. The third kappa shape index (κ3) is 3.10. The molecule has 6 heteroatoms. The number of hydrogen-bond acceptors (Lipinski definition) is 4. The second kappa shape index (κ2) is 6.39. The molecule has 1 aliphatic heterocycles. The minimum atomic E-state index is -0.165. The third-order valence-electron chi connectivity index (χ3n) is 4.27. The van der Waals surface area contributed by atoms with E-state index in [1.807, 2.05) is 48.5 Å². The van der Waals surface area contributed by atoms with Gasteiger partial charge in [-0.15, -0.1) is 5.10 Å². The summed E-state index contributed by atoms with van der Waals surface area (Å²) in [6.07, 6.45) is 2.43. The lowest BCUT2D eigenvalue weighted by Crippen LogP contribution is -2.36. The van der Waals surface area contributed by atoms with Crippen molar-refractivity contribution in [1.29, 1.82) is 0 Å². The largest absolute Gasteiger partial charge is 0.488 e. The van der Waals surface area contributed by atoms with Crippen LogP contribution in [0.25, 0.3) is 5.69 Å². The summed E-state index contributed by atoms with van der Waals surface area (Å²) in [5.74, 6) is 0.741. The molecule has 1 atom stereocenters. The predicted octanol–water partition coefficient (Wildman–Crippen LogP) is 2.34. The first kappa shape index (κ1) is 15.4. The van der Waals surface area contributed by atoms with E-state index in [2.05, 4.69) is 16.4 Å². The number of nitrogens with zero attached hydrogens (tertiary/aromatic N) is 4. The van der Waals surface area contributed by atoms with Gasteiger partial charge in [-0.05, 0) is 23.8 Å². The van der Waals surface area contributed by atoms with E-state index in [-0.39, 0.29) is 12.0 Å². The molecule has 126 valence electrons. The Kier molecular flexibility index (Phi) is 3.93. The molecule has 0 bridgehead atoms. The molecule has 4 rings (SSSR count). The smallest absolute Gasteiger partial charge is 0.275 e. The Balaban J connectivity index is 1.42. The van der Waals surface area contributed by atoms with Crippen LogP contribution in [-0.2, 0) is 6.42 Å². The number of amides is 1. The lowest BCUT2D eigenvalue weighted by Gasteiger charge is -2.20. The predicted molar refractivity (Wildman–Crippen MR) is 92.9 cm³/mol. The zero-order chi connectivity index (χ0) is 17.2. The molecule has 0 N–H and O–H groups in total. The topological polar surface area (TPSA) is 60.2 Å². The second-order valence-electron chi connectivity index (χ2n) is 6.12. The van der Waals surface area contributed by atoms with E-state index in [4.69, 9.17) is 4.74 Å². The number of likely N-dealkylation sites (N-methyl/N-ethyl adjacent to an activating group) is 1. The highest BCUT2D eigenvalue weighted by Crippen LogP contribution is 2.28. The minimum Gasteiger partial charge on any atom is -0.488 e. The Morgan fingerprint density at radius 3 is 2.76 bits per heavy atom. The number of fused-ring (bicyclic) bond motifs is 1. The first-order valence-electron chi connectivity index (χ1n) is 8.18. The number of carbonyl (C=O) groups is 1. The van der Waals surface area contributed by atoms with Gasteiger partial charge in [0.2, 0.25) is 0 Å². The summed E-state index contributed by atoms with van der Waals surface area (Å²) in [6, 6.07) is 17.6. The van der Waals surface area contributed by atoms with Crippen LogP contribution in [0, 0.1) is 0 Å². The van der Waals surface area contributed by atoms with E-state index < -0.39 is 0 Å². The van der Waals surface area contributed by atoms with Gasteiger partial charge in [-0.3, -0.25) is 4.79 Å². The van der Waals surface area contributed by atoms with Gasteiger partial charge >= 0.3 is 0 Å². The SMILES string of the molecule is CN(CC1Cc2ccccc2O1)C(=O)c1cn(-c2ccccc2)nn1. The molecule has 0 saturated heterocycles. The fourth-order valence-corrected chi connectivity index (χ4v) is 3.01. The Hall–Kier alpha value is -3.15. The van der Waals surface area contributed by atoms with Gasteiger partial charge in [0.05, 0.1) is 18.4 Å². The van der Waals surface area contributed by atoms with Crippen LogP contribution >= 0.6 is 0 Å². The lowest BCUT2D eigenvalue weighted by molar-refractivity contribution is 0.0724. The number of ether oxygens (including phenoxy) is 1. The molecule has 1 amide bonds. The summed E-state index contributed by atoms with van der Waals surface area (Å²) in [7, 11) is 1.76. The summed E-state index contributed by atoms with van der Waals surface area (Å²) < 4.78 is 7.50. The van der Waals surface area contributed by atoms with E-state index in [9.17, 15) is 4.79 Å². The highest BCUT2D eigenvalue weighted by molar-refractivity contribution is 5.91. The van der Waals surface area contributed by atoms with Crippen molar-refractivity contribution in [2.24, 2.45) is 0 Å². The third-order valence-corrected chi connectivity index (χ3v) is 4.27. The highest BCUT2D eigenvalue weighted by atomic mass is 16.5. The van der Waals surface area contributed by atoms with Crippen LogP contribution in [-0.4, -0.2) is 45.5 Å². The van der Waals surface area contributed by atoms with Crippen LogP contribution in [0.2, 0.25) is 0 Å². The molecule has 6 nitrogen and oxygen atoms in total. The Morgan fingerprint density at radius 2 is 1.96 bits per heavy atom. The number of para-hydroxylation sites is 2. The summed E-state index contributed by atoms with van der Waals surface area (Å²) >= 11 is 0. The average molecular weight is 334 g/mol. The number of benzene rings is 2. The Bertz CT molecular complexity index is 866. The monoisotopic (exact) mass is 334 g/mol. The fourth-order valence-electron chi connectivity index (χ4n) is 3.01. The van der Waals surface area contributed by atoms with Gasteiger partial charge in [0.15, 0.2) is 5.69 Å². The first-order chi connectivity index (χ1) is 12.2. The van der Waals surface area contributed by atoms with Crippen LogP contribution in [0.4, 0.5) is 0 Å². The summed E-state index contributed by atoms with van der Waals surface area (Å²) in [5.41, 5.74) is 2.37. The fraction of sp³-hybridized carbons (Fsp3) is 0.211. The maximum atomic E-state index is 12.6. The number of rotatable bonds is 4. The molecule has 3 aromatic rings. The van der Waals surface area contributed by atoms with Gasteiger partial charge in [-0.2, -0.15) is 0 Å². The zero-order valence-corrected chi connectivity index (χ0v) is 13.9. The number of aromatic nitrogens is 3. The Morgan fingerprint density at radius 1 is 1.20 bits per heavy atom. The standard InChI is InChI=1S/C19H18N4O2/c1-22(12-16-11-14-7-5-6-10-18(14)25-16)19(24)17-13-23(21-20-17)15-8-3-2-4-9-15/h2-10,13,16H,11-12H2,1H3. The molecule has 25 heavy (non-hydrogen) atoms. The Labute approximate surface area is 145 Å². The van der Waals surface area contributed by atoms with Crippen LogP contribution in [0.3, 0.4) is 0 Å². The van der Waals surface area contributed by atoms with E-state index in [0.717, 1.165) is 17.9 Å². The molecule has 0 radical (unpaired) electrons.